The molecule has 0 saturated heterocycles. The SMILES string of the molecule is CCC/C=C/CCCCCC.CCCC[PH](CCCC)(CCCC)CCCC.Cl. The van der Waals surface area contributed by atoms with Gasteiger partial charge >= 0.3 is 111 Å². The van der Waals surface area contributed by atoms with Gasteiger partial charge in [-0.1, -0.05) is 51.7 Å². The van der Waals surface area contributed by atoms with Crippen molar-refractivity contribution >= 4 is 19.7 Å². The molecule has 0 aromatic carbocycles. The summed E-state index contributed by atoms with van der Waals surface area (Å²) in [5, 5.41) is 0. The smallest absolute Gasteiger partial charge is 0.147 e. The van der Waals surface area contributed by atoms with E-state index in [1.165, 1.54) is 96.3 Å². The topological polar surface area (TPSA) is 0 Å². The molecule has 0 saturated carbocycles. The van der Waals surface area contributed by atoms with Crippen molar-refractivity contribution in [3.63, 3.8) is 0 Å². The first-order valence-corrected chi connectivity index (χ1v) is 16.1. The van der Waals surface area contributed by atoms with E-state index in [4.69, 9.17) is 0 Å². The van der Waals surface area contributed by atoms with E-state index in [2.05, 4.69) is 53.7 Å². The molecule has 0 amide bonds. The van der Waals surface area contributed by atoms with Gasteiger partial charge in [-0.05, 0) is 19.3 Å². The fourth-order valence-electron chi connectivity index (χ4n) is 4.05. The zero-order valence-electron chi connectivity index (χ0n) is 21.5. The molecule has 0 bridgehead atoms. The van der Waals surface area contributed by atoms with E-state index < -0.39 is 7.26 Å². The van der Waals surface area contributed by atoms with Crippen molar-refractivity contribution in [3.8, 4) is 0 Å². The predicted molar refractivity (Wildman–Crippen MR) is 147 cm³/mol. The molecule has 0 nitrogen and oxygen atoms in total. The first-order valence-electron chi connectivity index (χ1n) is 13.3. The molecule has 0 fully saturated rings. The Morgan fingerprint density at radius 1 is 0.414 bits per heavy atom. The minimum Gasteiger partial charge on any atom is -0.147 e. The van der Waals surface area contributed by atoms with Crippen LogP contribution in [0.1, 0.15) is 138 Å². The quantitative estimate of drug-likeness (QED) is 0.104. The molecule has 0 aromatic heterocycles. The van der Waals surface area contributed by atoms with Crippen LogP contribution in [0.4, 0.5) is 0 Å². The van der Waals surface area contributed by atoms with Crippen LogP contribution in [0.2, 0.25) is 0 Å². The summed E-state index contributed by atoms with van der Waals surface area (Å²) in [5.74, 6) is 0. The summed E-state index contributed by atoms with van der Waals surface area (Å²) in [5.41, 5.74) is 0. The fourth-order valence-corrected chi connectivity index (χ4v) is 9.96. The second kappa shape index (κ2) is 28.5. The minimum absolute atomic E-state index is 0. The fraction of sp³-hybridized carbons (Fsp3) is 0.926. The molecular formula is C27H60ClP. The van der Waals surface area contributed by atoms with Crippen molar-refractivity contribution in [2.75, 3.05) is 24.6 Å². The van der Waals surface area contributed by atoms with Gasteiger partial charge in [-0.25, -0.2) is 0 Å². The number of rotatable bonds is 19. The Balaban J connectivity index is -0.000000491. The molecule has 0 radical (unpaired) electrons. The van der Waals surface area contributed by atoms with E-state index in [0.717, 1.165) is 0 Å². The van der Waals surface area contributed by atoms with Crippen LogP contribution in [-0.4, -0.2) is 24.6 Å². The Morgan fingerprint density at radius 3 is 1.14 bits per heavy atom. The number of unbranched alkanes of at least 4 members (excludes halogenated alkanes) is 9. The number of halogens is 1. The summed E-state index contributed by atoms with van der Waals surface area (Å²) in [6.45, 7) is 13.9. The van der Waals surface area contributed by atoms with Gasteiger partial charge in [0.1, 0.15) is 0 Å². The van der Waals surface area contributed by atoms with Gasteiger partial charge in [-0.3, -0.25) is 0 Å². The standard InChI is InChI=1S/C16H37P.C11H22.ClH/c1-5-9-13-17(14-10-6-2,15-11-7-3)16-12-8-4;1-3-5-7-9-11-10-8-6-4-2;/h17H,5-16H2,1-4H3;7,9H,3-6,8,10-11H2,1-2H3;1H/b;9-7+;. The molecule has 0 aliphatic heterocycles. The van der Waals surface area contributed by atoms with Crippen LogP contribution in [0.25, 0.3) is 0 Å². The van der Waals surface area contributed by atoms with Crippen LogP contribution >= 0.6 is 19.7 Å². The van der Waals surface area contributed by atoms with Crippen molar-refractivity contribution in [2.24, 2.45) is 0 Å². The van der Waals surface area contributed by atoms with E-state index in [-0.39, 0.29) is 12.4 Å². The summed E-state index contributed by atoms with van der Waals surface area (Å²) in [6.07, 6.45) is 32.2. The summed E-state index contributed by atoms with van der Waals surface area (Å²) >= 11 is 0. The van der Waals surface area contributed by atoms with Gasteiger partial charge in [-0.2, -0.15) is 0 Å². The van der Waals surface area contributed by atoms with Crippen LogP contribution in [0.5, 0.6) is 0 Å². The van der Waals surface area contributed by atoms with E-state index in [0.29, 0.717) is 0 Å². The summed E-state index contributed by atoms with van der Waals surface area (Å²) in [6, 6.07) is 0. The number of allylic oxidation sites excluding steroid dienone is 2. The molecule has 29 heavy (non-hydrogen) atoms. The van der Waals surface area contributed by atoms with Gasteiger partial charge in [-0.15, -0.1) is 12.4 Å². The van der Waals surface area contributed by atoms with Crippen molar-refractivity contribution in [3.05, 3.63) is 12.2 Å². The van der Waals surface area contributed by atoms with E-state index >= 15 is 0 Å². The van der Waals surface area contributed by atoms with E-state index in [1.54, 1.807) is 24.6 Å². The van der Waals surface area contributed by atoms with Gasteiger partial charge in [0.25, 0.3) is 0 Å². The molecular weight excluding hydrogens is 391 g/mol. The van der Waals surface area contributed by atoms with Crippen LogP contribution < -0.4 is 0 Å². The Kier molecular flexibility index (Phi) is 33.4. The first-order chi connectivity index (χ1) is 13.7. The van der Waals surface area contributed by atoms with E-state index in [9.17, 15) is 0 Å². The third kappa shape index (κ3) is 24.6. The second-order valence-corrected chi connectivity index (χ2v) is 14.0. The van der Waals surface area contributed by atoms with Gasteiger partial charge in [0.05, 0.1) is 0 Å². The molecule has 0 N–H and O–H groups in total. The predicted octanol–water partition coefficient (Wildman–Crippen LogP) is 10.7. The Hall–Kier alpha value is 0.460. The maximum atomic E-state index is 2.36. The molecule has 0 aliphatic rings. The third-order valence-corrected chi connectivity index (χ3v) is 11.7. The zero-order chi connectivity index (χ0) is 21.3. The van der Waals surface area contributed by atoms with Gasteiger partial charge < -0.3 is 0 Å². The number of hydrogen-bond acceptors (Lipinski definition) is 0. The van der Waals surface area contributed by atoms with Crippen LogP contribution in [0.15, 0.2) is 12.2 Å². The summed E-state index contributed by atoms with van der Waals surface area (Å²) < 4.78 is 0. The average Bonchev–Trinajstić information content (AvgIpc) is 2.72. The molecule has 0 rings (SSSR count). The molecule has 180 valence electrons. The largest absolute Gasteiger partial charge is 0.147 e. The van der Waals surface area contributed by atoms with Crippen molar-refractivity contribution < 1.29 is 0 Å². The zero-order valence-corrected chi connectivity index (χ0v) is 23.3. The van der Waals surface area contributed by atoms with Crippen LogP contribution in [-0.2, 0) is 0 Å². The molecule has 2 heteroatoms. The van der Waals surface area contributed by atoms with E-state index in [1.807, 2.05) is 0 Å². The third-order valence-electron chi connectivity index (χ3n) is 6.09. The maximum absolute atomic E-state index is 2.36. The van der Waals surface area contributed by atoms with Crippen molar-refractivity contribution in [1.29, 1.82) is 0 Å². The Bertz CT molecular complexity index is 263. The second-order valence-electron chi connectivity index (χ2n) is 9.02. The van der Waals surface area contributed by atoms with Gasteiger partial charge in [0.15, 0.2) is 0 Å². The molecule has 0 unspecified atom stereocenters. The van der Waals surface area contributed by atoms with Crippen molar-refractivity contribution in [2.45, 2.75) is 138 Å². The molecule has 0 aliphatic carbocycles. The normalized spacial score (nSPS) is 11.8. The van der Waals surface area contributed by atoms with Gasteiger partial charge in [0.2, 0.25) is 0 Å². The Morgan fingerprint density at radius 2 is 0.793 bits per heavy atom. The van der Waals surface area contributed by atoms with Gasteiger partial charge in [0, 0.05) is 0 Å². The summed E-state index contributed by atoms with van der Waals surface area (Å²) in [7, 11) is -0.879. The minimum atomic E-state index is -0.879. The molecule has 0 spiro atoms. The first kappa shape index (κ1) is 34.1. The monoisotopic (exact) mass is 450 g/mol. The number of hydrogen-bond donors (Lipinski definition) is 0. The molecule has 0 heterocycles. The average molecular weight is 451 g/mol. The summed E-state index contributed by atoms with van der Waals surface area (Å²) in [4.78, 5) is 0. The van der Waals surface area contributed by atoms with Crippen LogP contribution in [0.3, 0.4) is 0 Å². The molecule has 0 aromatic rings. The Labute approximate surface area is 194 Å². The van der Waals surface area contributed by atoms with Crippen molar-refractivity contribution in [1.82, 2.24) is 0 Å². The maximum Gasteiger partial charge on any atom is -0.147 e. The molecule has 0 atom stereocenters. The van der Waals surface area contributed by atoms with Crippen LogP contribution in [0, 0.1) is 0 Å².